The number of piperazine rings is 1. The third kappa shape index (κ3) is 5.93. The van der Waals surface area contributed by atoms with E-state index in [1.165, 1.54) is 0 Å². The highest BCUT2D eigenvalue weighted by Crippen LogP contribution is 2.24. The number of carbonyl (C=O) groups excluding carboxylic acids is 1. The van der Waals surface area contributed by atoms with Gasteiger partial charge >= 0.3 is 0 Å². The molecule has 1 aliphatic rings. The van der Waals surface area contributed by atoms with Crippen LogP contribution < -0.4 is 10.1 Å². The molecule has 0 radical (unpaired) electrons. The van der Waals surface area contributed by atoms with E-state index in [0.29, 0.717) is 6.54 Å². The number of amides is 1. The predicted molar refractivity (Wildman–Crippen MR) is 125 cm³/mol. The average molecular weight is 431 g/mol. The number of hydrogen-bond acceptors (Lipinski definition) is 5. The van der Waals surface area contributed by atoms with Gasteiger partial charge in [-0.15, -0.1) is 0 Å². The van der Waals surface area contributed by atoms with Crippen LogP contribution in [0, 0.1) is 0 Å². The number of rotatable bonds is 8. The number of nitrogens with zero attached hydrogens (tertiary/aromatic N) is 3. The molecule has 1 amide bonds. The lowest BCUT2D eigenvalue weighted by Gasteiger charge is -2.34. The van der Waals surface area contributed by atoms with E-state index in [0.717, 1.165) is 55.3 Å². The predicted octanol–water partition coefficient (Wildman–Crippen LogP) is 3.11. The quantitative estimate of drug-likeness (QED) is 0.595. The molecule has 1 aliphatic heterocycles. The number of pyridine rings is 1. The highest BCUT2D eigenvalue weighted by Gasteiger charge is 2.22. The van der Waals surface area contributed by atoms with Gasteiger partial charge in [0.2, 0.25) is 5.91 Å². The lowest BCUT2D eigenvalue weighted by atomic mass is 9.98. The number of nitrogens with one attached hydrogen (secondary N) is 1. The third-order valence-electron chi connectivity index (χ3n) is 5.83. The van der Waals surface area contributed by atoms with E-state index >= 15 is 0 Å². The SMILES string of the molecule is COc1ccc(C(NC(=O)CN2CCN(Cc3ccccn3)CC2)c2ccccc2)cc1. The summed E-state index contributed by atoms with van der Waals surface area (Å²) in [6.07, 6.45) is 1.84. The zero-order valence-electron chi connectivity index (χ0n) is 18.5. The standard InChI is InChI=1S/C26H30N4O2/c1-32-24-12-10-22(11-13-24)26(21-7-3-2-4-8-21)28-25(31)20-30-17-15-29(16-18-30)19-23-9-5-6-14-27-23/h2-14,26H,15-20H2,1H3,(H,28,31). The van der Waals surface area contributed by atoms with Crippen molar-refractivity contribution in [2.24, 2.45) is 0 Å². The van der Waals surface area contributed by atoms with Gasteiger partial charge in [0.05, 0.1) is 25.4 Å². The Morgan fingerprint density at radius 1 is 0.906 bits per heavy atom. The zero-order chi connectivity index (χ0) is 22.2. The summed E-state index contributed by atoms with van der Waals surface area (Å²) in [6, 6.07) is 23.8. The topological polar surface area (TPSA) is 57.7 Å². The molecule has 4 rings (SSSR count). The maximum atomic E-state index is 13.0. The van der Waals surface area contributed by atoms with E-state index in [9.17, 15) is 4.79 Å². The molecule has 1 fully saturated rings. The molecule has 3 aromatic rings. The maximum absolute atomic E-state index is 13.0. The Bertz CT molecular complexity index is 972. The van der Waals surface area contributed by atoms with Crippen LogP contribution in [-0.4, -0.2) is 60.5 Å². The fraction of sp³-hybridized carbons (Fsp3) is 0.308. The van der Waals surface area contributed by atoms with Crippen molar-refractivity contribution in [2.75, 3.05) is 39.8 Å². The Morgan fingerprint density at radius 2 is 1.56 bits per heavy atom. The van der Waals surface area contributed by atoms with Gasteiger partial charge in [-0.2, -0.15) is 0 Å². The molecule has 1 unspecified atom stereocenters. The molecular weight excluding hydrogens is 400 g/mol. The number of methoxy groups -OCH3 is 1. The summed E-state index contributed by atoms with van der Waals surface area (Å²) in [4.78, 5) is 22.0. The van der Waals surface area contributed by atoms with Gasteiger partial charge in [-0.25, -0.2) is 0 Å². The average Bonchev–Trinajstić information content (AvgIpc) is 2.85. The van der Waals surface area contributed by atoms with E-state index in [2.05, 4.69) is 26.2 Å². The molecule has 166 valence electrons. The van der Waals surface area contributed by atoms with Gasteiger partial charge < -0.3 is 10.1 Å². The van der Waals surface area contributed by atoms with Crippen LogP contribution in [0.3, 0.4) is 0 Å². The van der Waals surface area contributed by atoms with Gasteiger partial charge in [0, 0.05) is 38.9 Å². The zero-order valence-corrected chi connectivity index (χ0v) is 18.5. The molecule has 6 heteroatoms. The summed E-state index contributed by atoms with van der Waals surface area (Å²) in [5.74, 6) is 0.836. The molecule has 2 aromatic carbocycles. The molecule has 0 spiro atoms. The number of carbonyl (C=O) groups is 1. The largest absolute Gasteiger partial charge is 0.497 e. The van der Waals surface area contributed by atoms with Crippen LogP contribution in [0.1, 0.15) is 22.9 Å². The summed E-state index contributed by atoms with van der Waals surface area (Å²) in [5.41, 5.74) is 3.18. The summed E-state index contributed by atoms with van der Waals surface area (Å²) >= 11 is 0. The second-order valence-corrected chi connectivity index (χ2v) is 8.06. The van der Waals surface area contributed by atoms with E-state index < -0.39 is 0 Å². The van der Waals surface area contributed by atoms with E-state index in [1.807, 2.05) is 72.9 Å². The van der Waals surface area contributed by atoms with Gasteiger partial charge in [-0.3, -0.25) is 19.6 Å². The number of ether oxygens (including phenoxy) is 1. The molecule has 32 heavy (non-hydrogen) atoms. The van der Waals surface area contributed by atoms with Crippen LogP contribution >= 0.6 is 0 Å². The van der Waals surface area contributed by atoms with E-state index in [1.54, 1.807) is 7.11 Å². The summed E-state index contributed by atoms with van der Waals surface area (Å²) < 4.78 is 5.28. The first kappa shape index (κ1) is 22.0. The van der Waals surface area contributed by atoms with Gasteiger partial charge in [0.15, 0.2) is 0 Å². The van der Waals surface area contributed by atoms with Gasteiger partial charge in [-0.05, 0) is 35.4 Å². The Hall–Kier alpha value is -3.22. The number of hydrogen-bond donors (Lipinski definition) is 1. The first-order valence-electron chi connectivity index (χ1n) is 11.0. The first-order valence-corrected chi connectivity index (χ1v) is 11.0. The maximum Gasteiger partial charge on any atom is 0.234 e. The Labute approximate surface area is 189 Å². The Kier molecular flexibility index (Phi) is 7.48. The smallest absolute Gasteiger partial charge is 0.234 e. The molecule has 1 saturated heterocycles. The summed E-state index contributed by atoms with van der Waals surface area (Å²) in [5, 5.41) is 3.24. The van der Waals surface area contributed by atoms with Crippen molar-refractivity contribution in [1.29, 1.82) is 0 Å². The van der Waals surface area contributed by atoms with E-state index in [-0.39, 0.29) is 11.9 Å². The van der Waals surface area contributed by atoms with E-state index in [4.69, 9.17) is 4.74 Å². The minimum absolute atomic E-state index is 0.0350. The molecular formula is C26H30N4O2. The van der Waals surface area contributed by atoms with Crippen LogP contribution in [-0.2, 0) is 11.3 Å². The lowest BCUT2D eigenvalue weighted by molar-refractivity contribution is -0.123. The second-order valence-electron chi connectivity index (χ2n) is 8.06. The number of aromatic nitrogens is 1. The van der Waals surface area contributed by atoms with Crippen molar-refractivity contribution in [2.45, 2.75) is 12.6 Å². The molecule has 1 atom stereocenters. The summed E-state index contributed by atoms with van der Waals surface area (Å²) in [7, 11) is 1.65. The van der Waals surface area contributed by atoms with Crippen molar-refractivity contribution in [3.8, 4) is 5.75 Å². The highest BCUT2D eigenvalue weighted by molar-refractivity contribution is 5.79. The summed E-state index contributed by atoms with van der Waals surface area (Å²) in [6.45, 7) is 4.87. The second kappa shape index (κ2) is 10.9. The third-order valence-corrected chi connectivity index (χ3v) is 5.83. The number of benzene rings is 2. The molecule has 0 bridgehead atoms. The monoisotopic (exact) mass is 430 g/mol. The van der Waals surface area contributed by atoms with Crippen molar-refractivity contribution in [3.05, 3.63) is 95.8 Å². The van der Waals surface area contributed by atoms with Crippen LogP contribution in [0.25, 0.3) is 0 Å². The fourth-order valence-corrected chi connectivity index (χ4v) is 4.04. The van der Waals surface area contributed by atoms with Crippen LogP contribution in [0.4, 0.5) is 0 Å². The van der Waals surface area contributed by atoms with Crippen LogP contribution in [0.15, 0.2) is 79.0 Å². The van der Waals surface area contributed by atoms with Gasteiger partial charge in [0.1, 0.15) is 5.75 Å². The normalized spacial score (nSPS) is 15.8. The van der Waals surface area contributed by atoms with Gasteiger partial charge in [0.25, 0.3) is 0 Å². The highest BCUT2D eigenvalue weighted by atomic mass is 16.5. The van der Waals surface area contributed by atoms with Crippen molar-refractivity contribution < 1.29 is 9.53 Å². The molecule has 0 aliphatic carbocycles. The molecule has 1 aromatic heterocycles. The Balaban J connectivity index is 1.34. The molecule has 2 heterocycles. The van der Waals surface area contributed by atoms with Crippen molar-refractivity contribution in [1.82, 2.24) is 20.1 Å². The fourth-order valence-electron chi connectivity index (χ4n) is 4.04. The van der Waals surface area contributed by atoms with Crippen LogP contribution in [0.5, 0.6) is 5.75 Å². The minimum atomic E-state index is -0.194. The Morgan fingerprint density at radius 3 is 2.22 bits per heavy atom. The lowest BCUT2D eigenvalue weighted by Crippen LogP contribution is -2.49. The van der Waals surface area contributed by atoms with Gasteiger partial charge in [-0.1, -0.05) is 48.5 Å². The van der Waals surface area contributed by atoms with Crippen LogP contribution in [0.2, 0.25) is 0 Å². The molecule has 6 nitrogen and oxygen atoms in total. The first-order chi connectivity index (χ1) is 15.7. The minimum Gasteiger partial charge on any atom is -0.497 e. The van der Waals surface area contributed by atoms with Crippen molar-refractivity contribution >= 4 is 5.91 Å². The molecule has 0 saturated carbocycles. The van der Waals surface area contributed by atoms with Crippen molar-refractivity contribution in [3.63, 3.8) is 0 Å². The molecule has 1 N–H and O–H groups in total.